The molecule has 7 N–H and O–H groups in total. The third-order valence-electron chi connectivity index (χ3n) is 15.0. The minimum Gasteiger partial charge on any atom is -0.492 e. The first-order valence-corrected chi connectivity index (χ1v) is 32.1. The van der Waals surface area contributed by atoms with Gasteiger partial charge in [-0.15, -0.1) is 0 Å². The molecule has 4 aliphatic heterocycles. The summed E-state index contributed by atoms with van der Waals surface area (Å²) in [5, 5.41) is 60.6. The third kappa shape index (κ3) is 15.9. The Hall–Kier alpha value is -2.89. The van der Waals surface area contributed by atoms with Gasteiger partial charge >= 0.3 is 0 Å². The van der Waals surface area contributed by atoms with Crippen molar-refractivity contribution >= 4 is 72.6 Å². The van der Waals surface area contributed by atoms with Gasteiger partial charge in [-0.3, -0.25) is 19.2 Å². The summed E-state index contributed by atoms with van der Waals surface area (Å²) in [6, 6.07) is -1.22. The lowest BCUT2D eigenvalue weighted by molar-refractivity contribution is -0.336. The predicted octanol–water partition coefficient (Wildman–Crippen LogP) is 3.99. The van der Waals surface area contributed by atoms with E-state index < -0.39 is 120 Å². The quantitative estimate of drug-likeness (QED) is 0.0268. The molecule has 4 saturated heterocycles. The van der Waals surface area contributed by atoms with Gasteiger partial charge in [0, 0.05) is 61.2 Å². The number of methoxy groups -OCH3 is 4. The van der Waals surface area contributed by atoms with Crippen LogP contribution in [0, 0.1) is 34.2 Å². The van der Waals surface area contributed by atoms with Gasteiger partial charge in [0.2, 0.25) is 17.2 Å². The van der Waals surface area contributed by atoms with E-state index in [4.69, 9.17) is 56.9 Å². The lowest BCUT2D eigenvalue weighted by atomic mass is 9.72. The number of allylic oxidation sites excluding steroid dienone is 3. The van der Waals surface area contributed by atoms with Crippen LogP contribution in [-0.2, 0) is 52.3 Å². The van der Waals surface area contributed by atoms with Crippen LogP contribution < -0.4 is 25.0 Å². The maximum Gasteiger partial charge on any atom is 0.229 e. The number of aliphatic hydroxyl groups is 5. The highest BCUT2D eigenvalue weighted by atomic mass is 127. The standard InChI is InChI=1S/C58H79IN2O20S3/c1-13-60-35-26-74-40(24-39(35)70-9)79-52-47(66)45(30(6)76-57(52)78-38-18-16-14-15-17-20-58(69)25-37(64)33(22-28(4)62)43(38)34(58)19-21-82-84-27(2)3)61-81-41-23-36(63)54(32(8)75-41)83-55(68)42-29(5)44(59)50(53(73-12)49(42)71-10)80-56-48(67)51(72-11)46(65)31(7)77-56/h14-15,19,27,30-32,35-36,38-41,45-48,51-52,54,56-57,60-61,63,65-67,69H,13,21-26H2,1-12H3/b15-14-,34-19+/t30-,31+,32-,35+,36+,38+,39+,40+,41+,45-,46+,47+,48-,51-,52-,54-,56+,57+,58+/m1/s1. The van der Waals surface area contributed by atoms with E-state index in [1.54, 1.807) is 62.5 Å². The number of carbonyl (C=O) groups excluding carboxylic acids is 3. The number of likely N-dealkylation sites (N-methyl/N-ethyl adjacent to an activating group) is 1. The number of hydrogen-bond acceptors (Lipinski definition) is 25. The molecule has 1 aromatic carbocycles. The highest BCUT2D eigenvalue weighted by Gasteiger charge is 2.52. The van der Waals surface area contributed by atoms with Crippen LogP contribution in [0.15, 0.2) is 34.9 Å². The summed E-state index contributed by atoms with van der Waals surface area (Å²) in [6.07, 6.45) is -12.4. The van der Waals surface area contributed by atoms with Crippen LogP contribution in [0.1, 0.15) is 90.1 Å². The lowest BCUT2D eigenvalue weighted by Gasteiger charge is -2.46. The molecule has 0 radical (unpaired) electrons. The Bertz CT molecular complexity index is 2720. The first-order chi connectivity index (χ1) is 40.0. The number of hydrogen-bond donors (Lipinski definition) is 7. The zero-order chi connectivity index (χ0) is 61.3. The Kier molecular flexibility index (Phi) is 25.3. The molecule has 22 nitrogen and oxygen atoms in total. The molecule has 2 aliphatic carbocycles. The number of benzene rings is 1. The van der Waals surface area contributed by atoms with E-state index in [1.165, 1.54) is 40.4 Å². The maximum atomic E-state index is 14.4. The number of fused-ring (bicyclic) bond motifs is 2. The van der Waals surface area contributed by atoms with E-state index in [0.717, 1.165) is 11.8 Å². The number of ether oxygens (including phenoxy) is 11. The summed E-state index contributed by atoms with van der Waals surface area (Å²) in [6.45, 7) is 15.0. The van der Waals surface area contributed by atoms with Crippen molar-refractivity contribution in [2.75, 3.05) is 47.3 Å². The van der Waals surface area contributed by atoms with E-state index in [9.17, 15) is 39.9 Å². The van der Waals surface area contributed by atoms with Gasteiger partial charge in [-0.25, -0.2) is 0 Å². The molecule has 0 spiro atoms. The fraction of sp³-hybridized carbons (Fsp3) is 0.672. The molecule has 1 aromatic rings. The molecule has 26 heteroatoms. The SMILES string of the molecule is CCN[C@H]1CO[C@@H](O[C@H]2[C@H](O[C@H]3C#C/C=C\C#C[C@]4(O)CC(=O)C(CC(C)=O)=C3/C4=C\CSSC(C)C)O[C@H](C)[C@@H](NO[C@H]3C[C@H](O)[C@H](SC(=O)c4c(C)c(I)c(O[C@@H]5O[C@@H](C)[C@H](O)[C@@H](OC)[C@H]5O)c(OC)c4OC)[C@@H](C)O3)[C@@H]2O)C[C@@H]1OC. The summed E-state index contributed by atoms with van der Waals surface area (Å²) in [7, 11) is 8.85. The van der Waals surface area contributed by atoms with Crippen molar-refractivity contribution in [2.45, 2.75) is 202 Å². The largest absolute Gasteiger partial charge is 0.492 e. The number of halogens is 1. The highest BCUT2D eigenvalue weighted by Crippen LogP contribution is 2.49. The summed E-state index contributed by atoms with van der Waals surface area (Å²) in [5.41, 5.74) is 2.08. The van der Waals surface area contributed by atoms with E-state index in [1.807, 2.05) is 29.5 Å². The van der Waals surface area contributed by atoms with Gasteiger partial charge in [0.05, 0.1) is 84.2 Å². The Labute approximate surface area is 516 Å². The van der Waals surface area contributed by atoms with E-state index in [2.05, 4.69) is 48.3 Å². The van der Waals surface area contributed by atoms with Crippen LogP contribution >= 0.6 is 55.9 Å². The van der Waals surface area contributed by atoms with Gasteiger partial charge in [-0.2, -0.15) is 5.48 Å². The van der Waals surface area contributed by atoms with Crippen molar-refractivity contribution in [3.63, 3.8) is 0 Å². The molecular weight excluding hydrogens is 1270 g/mol. The van der Waals surface area contributed by atoms with Crippen molar-refractivity contribution in [3.05, 3.63) is 49.6 Å². The van der Waals surface area contributed by atoms with Crippen LogP contribution in [0.4, 0.5) is 0 Å². The van der Waals surface area contributed by atoms with Crippen molar-refractivity contribution in [1.82, 2.24) is 10.8 Å². The van der Waals surface area contributed by atoms with Crippen LogP contribution in [-0.4, -0.2) is 210 Å². The molecule has 6 aliphatic rings. The molecule has 466 valence electrons. The second kappa shape index (κ2) is 31.0. The minimum atomic E-state index is -1.97. The molecule has 0 saturated carbocycles. The van der Waals surface area contributed by atoms with Crippen LogP contribution in [0.25, 0.3) is 0 Å². The number of nitrogens with one attached hydrogen (secondary N) is 2. The molecular formula is C58H79IN2O20S3. The second-order valence-electron chi connectivity index (χ2n) is 21.3. The van der Waals surface area contributed by atoms with Crippen molar-refractivity contribution in [3.8, 4) is 40.9 Å². The Morgan fingerprint density at radius 1 is 0.893 bits per heavy atom. The Morgan fingerprint density at radius 2 is 1.61 bits per heavy atom. The van der Waals surface area contributed by atoms with Gasteiger partial charge in [-0.1, -0.05) is 83.9 Å². The lowest BCUT2D eigenvalue weighted by Crippen LogP contribution is -2.65. The first kappa shape index (κ1) is 68.6. The minimum absolute atomic E-state index is 0.0338. The number of Topliss-reactive ketones (excluding diaryl/α,β-unsaturated/α-hetero) is 2. The number of rotatable bonds is 23. The van der Waals surface area contributed by atoms with Crippen molar-refractivity contribution in [1.29, 1.82) is 0 Å². The summed E-state index contributed by atoms with van der Waals surface area (Å²) >= 11 is 2.84. The zero-order valence-electron chi connectivity index (χ0n) is 49.1. The van der Waals surface area contributed by atoms with Crippen LogP contribution in [0.3, 0.4) is 0 Å². The molecule has 2 bridgehead atoms. The molecule has 0 aromatic heterocycles. The third-order valence-corrected chi connectivity index (χ3v) is 20.5. The van der Waals surface area contributed by atoms with Gasteiger partial charge in [0.25, 0.3) is 0 Å². The number of thioether (sulfide) groups is 1. The Morgan fingerprint density at radius 3 is 2.26 bits per heavy atom. The molecule has 19 atom stereocenters. The van der Waals surface area contributed by atoms with Gasteiger partial charge in [-0.05, 0) is 81.5 Å². The maximum absolute atomic E-state index is 14.4. The molecule has 4 heterocycles. The second-order valence-corrected chi connectivity index (χ2v) is 26.6. The normalized spacial score (nSPS) is 36.1. The summed E-state index contributed by atoms with van der Waals surface area (Å²) in [5.74, 6) is 11.5. The van der Waals surface area contributed by atoms with Crippen molar-refractivity contribution < 1.29 is 96.9 Å². The fourth-order valence-corrected chi connectivity index (χ4v) is 14.4. The molecule has 84 heavy (non-hydrogen) atoms. The van der Waals surface area contributed by atoms with E-state index in [-0.39, 0.29) is 88.6 Å². The van der Waals surface area contributed by atoms with Crippen molar-refractivity contribution in [2.24, 2.45) is 0 Å². The van der Waals surface area contributed by atoms with Crippen LogP contribution in [0.5, 0.6) is 17.2 Å². The molecule has 0 amide bonds. The zero-order valence-corrected chi connectivity index (χ0v) is 53.7. The average Bonchev–Trinajstić information content (AvgIpc) is 2.93. The Balaban J connectivity index is 1.12. The van der Waals surface area contributed by atoms with E-state index in [0.29, 0.717) is 21.4 Å². The highest BCUT2D eigenvalue weighted by molar-refractivity contribution is 14.1. The predicted molar refractivity (Wildman–Crippen MR) is 321 cm³/mol. The van der Waals surface area contributed by atoms with Gasteiger partial charge in [0.15, 0.2) is 41.8 Å². The first-order valence-electron chi connectivity index (χ1n) is 27.8. The van der Waals surface area contributed by atoms with Gasteiger partial charge < -0.3 is 83.0 Å². The van der Waals surface area contributed by atoms with Crippen LogP contribution in [0.2, 0.25) is 0 Å². The molecule has 7 rings (SSSR count). The number of carbonyl (C=O) groups is 3. The number of ketones is 2. The average molecular weight is 1350 g/mol. The smallest absolute Gasteiger partial charge is 0.229 e. The number of hydroxylamine groups is 1. The molecule has 4 fully saturated rings. The van der Waals surface area contributed by atoms with E-state index >= 15 is 0 Å². The topological polar surface area (TPSA) is 287 Å². The molecule has 0 unspecified atom stereocenters. The monoisotopic (exact) mass is 1350 g/mol. The number of aliphatic hydroxyl groups excluding tert-OH is 4. The van der Waals surface area contributed by atoms with Gasteiger partial charge in [0.1, 0.15) is 42.4 Å². The fourth-order valence-electron chi connectivity index (χ4n) is 10.8. The summed E-state index contributed by atoms with van der Waals surface area (Å²) < 4.78 is 67.8. The summed E-state index contributed by atoms with van der Waals surface area (Å²) in [4.78, 5) is 47.6.